The van der Waals surface area contributed by atoms with Crippen LogP contribution in [0.1, 0.15) is 34.8 Å². The van der Waals surface area contributed by atoms with Crippen LogP contribution in [0.2, 0.25) is 0 Å². The molecule has 0 spiro atoms. The van der Waals surface area contributed by atoms with Crippen molar-refractivity contribution in [2.24, 2.45) is 0 Å². The average molecular weight is 339 g/mol. The fraction of sp³-hybridized carbons (Fsp3) is 0.278. The molecular formula is C18H21N5O2. The van der Waals surface area contributed by atoms with Crippen LogP contribution in [0.15, 0.2) is 36.4 Å². The van der Waals surface area contributed by atoms with Crippen molar-refractivity contribution in [2.75, 3.05) is 6.54 Å². The van der Waals surface area contributed by atoms with Gasteiger partial charge in [-0.2, -0.15) is 10.2 Å². The summed E-state index contributed by atoms with van der Waals surface area (Å²) in [4.78, 5) is 12.3. The van der Waals surface area contributed by atoms with Gasteiger partial charge >= 0.3 is 0 Å². The van der Waals surface area contributed by atoms with Crippen LogP contribution in [0, 0.1) is 13.8 Å². The van der Waals surface area contributed by atoms with Crippen LogP contribution in [0.25, 0.3) is 11.3 Å². The minimum Gasteiger partial charge on any atom is -0.508 e. The highest BCUT2D eigenvalue weighted by molar-refractivity contribution is 5.93. The highest BCUT2D eigenvalue weighted by Crippen LogP contribution is 2.20. The lowest BCUT2D eigenvalue weighted by atomic mass is 10.1. The number of carbonyl (C=O) groups is 1. The second-order valence-corrected chi connectivity index (χ2v) is 6.14. The Morgan fingerprint density at radius 3 is 2.64 bits per heavy atom. The van der Waals surface area contributed by atoms with E-state index in [0.717, 1.165) is 17.0 Å². The lowest BCUT2D eigenvalue weighted by molar-refractivity contribution is 0.0942. The Bertz CT molecular complexity index is 879. The summed E-state index contributed by atoms with van der Waals surface area (Å²) < 4.78 is 1.91. The molecule has 0 radical (unpaired) electrons. The van der Waals surface area contributed by atoms with Gasteiger partial charge in [-0.1, -0.05) is 0 Å². The molecule has 0 saturated heterocycles. The number of phenols is 1. The van der Waals surface area contributed by atoms with Crippen molar-refractivity contribution in [2.45, 2.75) is 26.8 Å². The quantitative estimate of drug-likeness (QED) is 0.666. The Balaban J connectivity index is 1.64. The number of aromatic nitrogens is 4. The zero-order valence-electron chi connectivity index (χ0n) is 14.4. The number of hydrogen-bond donors (Lipinski definition) is 3. The maximum Gasteiger partial charge on any atom is 0.269 e. The van der Waals surface area contributed by atoms with Gasteiger partial charge in [-0.25, -0.2) is 0 Å². The maximum atomic E-state index is 12.3. The number of nitrogens with one attached hydrogen (secondary N) is 2. The molecule has 0 fully saturated rings. The number of phenolic OH excluding ortho intramolecular Hbond substituents is 1. The fourth-order valence-corrected chi connectivity index (χ4v) is 2.73. The van der Waals surface area contributed by atoms with Crippen LogP contribution in [0.5, 0.6) is 5.75 Å². The molecule has 0 saturated carbocycles. The Kier molecular flexibility index (Phi) is 4.56. The topological polar surface area (TPSA) is 95.8 Å². The van der Waals surface area contributed by atoms with Crippen molar-refractivity contribution in [1.82, 2.24) is 25.3 Å². The third-order valence-electron chi connectivity index (χ3n) is 4.01. The number of aromatic amines is 1. The van der Waals surface area contributed by atoms with Gasteiger partial charge in [0.2, 0.25) is 0 Å². The predicted molar refractivity (Wildman–Crippen MR) is 94.4 cm³/mol. The van der Waals surface area contributed by atoms with Crippen molar-refractivity contribution in [3.05, 3.63) is 53.5 Å². The molecule has 130 valence electrons. The van der Waals surface area contributed by atoms with E-state index < -0.39 is 0 Å². The Morgan fingerprint density at radius 2 is 2.00 bits per heavy atom. The van der Waals surface area contributed by atoms with Gasteiger partial charge in [0.25, 0.3) is 5.91 Å². The molecular weight excluding hydrogens is 318 g/mol. The molecule has 0 aliphatic heterocycles. The minimum atomic E-state index is -0.217. The highest BCUT2D eigenvalue weighted by Gasteiger charge is 2.14. The summed E-state index contributed by atoms with van der Waals surface area (Å²) in [6.07, 6.45) is 0. The summed E-state index contributed by atoms with van der Waals surface area (Å²) in [5.41, 5.74) is 3.89. The molecule has 1 amide bonds. The van der Waals surface area contributed by atoms with Gasteiger partial charge in [-0.15, -0.1) is 0 Å². The molecule has 0 aliphatic carbocycles. The normalized spacial score (nSPS) is 12.1. The smallest absolute Gasteiger partial charge is 0.269 e. The fourth-order valence-electron chi connectivity index (χ4n) is 2.73. The van der Waals surface area contributed by atoms with E-state index in [0.29, 0.717) is 17.9 Å². The summed E-state index contributed by atoms with van der Waals surface area (Å²) in [5.74, 6) is -0.0266. The Labute approximate surface area is 145 Å². The van der Waals surface area contributed by atoms with E-state index in [1.807, 2.05) is 31.5 Å². The molecule has 1 atom stereocenters. The molecule has 3 rings (SSSR count). The zero-order chi connectivity index (χ0) is 18.0. The van der Waals surface area contributed by atoms with E-state index in [4.69, 9.17) is 0 Å². The van der Waals surface area contributed by atoms with Gasteiger partial charge in [0.15, 0.2) is 0 Å². The SMILES string of the molecule is Cc1cc(C)n([C@H](C)CNC(=O)c2cc(-c3ccc(O)cc3)n[nH]2)n1. The monoisotopic (exact) mass is 339 g/mol. The number of rotatable bonds is 5. The predicted octanol–water partition coefficient (Wildman–Crippen LogP) is 2.59. The number of aromatic hydroxyl groups is 1. The van der Waals surface area contributed by atoms with E-state index in [9.17, 15) is 9.90 Å². The first-order chi connectivity index (χ1) is 11.9. The van der Waals surface area contributed by atoms with Crippen molar-refractivity contribution in [3.63, 3.8) is 0 Å². The number of aryl methyl sites for hydroxylation is 2. The van der Waals surface area contributed by atoms with E-state index in [1.54, 1.807) is 30.3 Å². The van der Waals surface area contributed by atoms with Crippen LogP contribution >= 0.6 is 0 Å². The number of nitrogens with zero attached hydrogens (tertiary/aromatic N) is 3. The summed E-state index contributed by atoms with van der Waals surface area (Å²) in [5, 5.41) is 23.6. The second kappa shape index (κ2) is 6.80. The largest absolute Gasteiger partial charge is 0.508 e. The minimum absolute atomic E-state index is 0.0529. The number of hydrogen-bond acceptors (Lipinski definition) is 4. The molecule has 2 heterocycles. The zero-order valence-corrected chi connectivity index (χ0v) is 14.4. The number of H-pyrrole nitrogens is 1. The molecule has 0 bridgehead atoms. The van der Waals surface area contributed by atoms with Gasteiger partial charge in [-0.3, -0.25) is 14.6 Å². The molecule has 7 heteroatoms. The molecule has 0 aliphatic rings. The Morgan fingerprint density at radius 1 is 1.28 bits per heavy atom. The molecule has 25 heavy (non-hydrogen) atoms. The first-order valence-electron chi connectivity index (χ1n) is 8.10. The summed E-state index contributed by atoms with van der Waals surface area (Å²) in [7, 11) is 0. The van der Waals surface area contributed by atoms with Gasteiger partial charge < -0.3 is 10.4 Å². The van der Waals surface area contributed by atoms with Crippen LogP contribution in [0.4, 0.5) is 0 Å². The molecule has 0 unspecified atom stereocenters. The third kappa shape index (κ3) is 3.71. The first kappa shape index (κ1) is 16.8. The Hall–Kier alpha value is -3.09. The van der Waals surface area contributed by atoms with Crippen LogP contribution < -0.4 is 5.32 Å². The van der Waals surface area contributed by atoms with Crippen LogP contribution in [0.3, 0.4) is 0 Å². The summed E-state index contributed by atoms with van der Waals surface area (Å²) >= 11 is 0. The summed E-state index contributed by atoms with van der Waals surface area (Å²) in [6.45, 7) is 6.42. The molecule has 7 nitrogen and oxygen atoms in total. The number of amides is 1. The van der Waals surface area contributed by atoms with Gasteiger partial charge in [-0.05, 0) is 57.2 Å². The average Bonchev–Trinajstić information content (AvgIpc) is 3.20. The number of benzene rings is 1. The molecule has 3 N–H and O–H groups in total. The van der Waals surface area contributed by atoms with Gasteiger partial charge in [0.1, 0.15) is 11.4 Å². The van der Waals surface area contributed by atoms with Gasteiger partial charge in [0, 0.05) is 17.8 Å². The molecule has 1 aromatic carbocycles. The van der Waals surface area contributed by atoms with Crippen molar-refractivity contribution in [1.29, 1.82) is 0 Å². The lowest BCUT2D eigenvalue weighted by Crippen LogP contribution is -2.30. The van der Waals surface area contributed by atoms with Crippen molar-refractivity contribution >= 4 is 5.91 Å². The third-order valence-corrected chi connectivity index (χ3v) is 4.01. The standard InChI is InChI=1S/C18H21N5O2/c1-11-8-12(2)23(22-11)13(3)10-19-18(25)17-9-16(20-21-17)14-4-6-15(24)7-5-14/h4-9,13,24H,10H2,1-3H3,(H,19,25)(H,20,21)/t13-/m1/s1. The van der Waals surface area contributed by atoms with E-state index in [-0.39, 0.29) is 17.7 Å². The van der Waals surface area contributed by atoms with Crippen molar-refractivity contribution in [3.8, 4) is 17.0 Å². The van der Waals surface area contributed by atoms with Crippen molar-refractivity contribution < 1.29 is 9.90 Å². The number of carbonyl (C=O) groups excluding carboxylic acids is 1. The highest BCUT2D eigenvalue weighted by atomic mass is 16.3. The first-order valence-corrected chi connectivity index (χ1v) is 8.10. The molecule has 3 aromatic rings. The van der Waals surface area contributed by atoms with E-state index in [2.05, 4.69) is 20.6 Å². The van der Waals surface area contributed by atoms with Crippen LogP contribution in [-0.4, -0.2) is 37.5 Å². The van der Waals surface area contributed by atoms with E-state index >= 15 is 0 Å². The van der Waals surface area contributed by atoms with Crippen LogP contribution in [-0.2, 0) is 0 Å². The summed E-state index contributed by atoms with van der Waals surface area (Å²) in [6, 6.07) is 10.4. The lowest BCUT2D eigenvalue weighted by Gasteiger charge is -2.14. The second-order valence-electron chi connectivity index (χ2n) is 6.14. The maximum absolute atomic E-state index is 12.3. The van der Waals surface area contributed by atoms with E-state index in [1.165, 1.54) is 0 Å². The molecule has 2 aromatic heterocycles. The van der Waals surface area contributed by atoms with Gasteiger partial charge in [0.05, 0.1) is 17.4 Å².